The molecule has 2 spiro atoms. The number of ether oxygens (including phenoxy) is 1. The highest BCUT2D eigenvalue weighted by molar-refractivity contribution is 6.41. The summed E-state index contributed by atoms with van der Waals surface area (Å²) in [5, 5.41) is 10.6. The van der Waals surface area contributed by atoms with Crippen LogP contribution in [0.15, 0.2) is 0 Å². The molecule has 0 heterocycles. The summed E-state index contributed by atoms with van der Waals surface area (Å²) in [7, 11) is 0. The van der Waals surface area contributed by atoms with Gasteiger partial charge < -0.3 is 9.84 Å². The molecule has 0 amide bonds. The summed E-state index contributed by atoms with van der Waals surface area (Å²) in [5.74, 6) is 0.127. The lowest BCUT2D eigenvalue weighted by atomic mass is 9.46. The first kappa shape index (κ1) is 29.0. The van der Waals surface area contributed by atoms with E-state index in [1.807, 2.05) is 0 Å². The van der Waals surface area contributed by atoms with Crippen molar-refractivity contribution in [1.29, 1.82) is 0 Å². The van der Waals surface area contributed by atoms with Crippen molar-refractivity contribution >= 4 is 23.3 Å². The SMILES string of the molecule is CCC(CCC(OC(C)=O)C(C)(C)O)C1C(=O)C(=O)C2C3CCC4C(C)(C)C(=O)CCC45C(C)C35CCC12C. The molecule has 1 N–H and O–H groups in total. The highest BCUT2D eigenvalue weighted by Gasteiger charge is 2.85. The fourth-order valence-electron chi connectivity index (χ4n) is 11.6. The van der Waals surface area contributed by atoms with Gasteiger partial charge in [-0.25, -0.2) is 0 Å². The molecular weight excluding hydrogens is 492 g/mol. The number of aliphatic hydroxyl groups is 1. The fourth-order valence-corrected chi connectivity index (χ4v) is 11.6. The average Bonchev–Trinajstić information content (AvgIpc) is 3.30. The van der Waals surface area contributed by atoms with E-state index >= 15 is 0 Å². The summed E-state index contributed by atoms with van der Waals surface area (Å²) in [4.78, 5) is 52.5. The van der Waals surface area contributed by atoms with E-state index in [1.54, 1.807) is 13.8 Å². The number of esters is 1. The third-order valence-electron chi connectivity index (χ3n) is 13.3. The summed E-state index contributed by atoms with van der Waals surface area (Å²) in [6.45, 7) is 15.6. The molecule has 6 heteroatoms. The van der Waals surface area contributed by atoms with Crippen LogP contribution >= 0.6 is 0 Å². The van der Waals surface area contributed by atoms with Crippen LogP contribution in [0.2, 0.25) is 0 Å². The molecule has 5 fully saturated rings. The summed E-state index contributed by atoms with van der Waals surface area (Å²) >= 11 is 0. The second-order valence-corrected chi connectivity index (χ2v) is 15.4. The Balaban J connectivity index is 1.43. The van der Waals surface area contributed by atoms with E-state index in [0.717, 1.165) is 38.5 Å². The first-order valence-corrected chi connectivity index (χ1v) is 15.5. The molecule has 0 bridgehead atoms. The van der Waals surface area contributed by atoms with E-state index in [0.29, 0.717) is 36.9 Å². The number of Topliss-reactive ketones (excluding diaryl/α,β-unsaturated/α-hetero) is 3. The molecule has 0 aliphatic heterocycles. The molecule has 5 aliphatic carbocycles. The summed E-state index contributed by atoms with van der Waals surface area (Å²) < 4.78 is 5.46. The van der Waals surface area contributed by atoms with Crippen molar-refractivity contribution in [2.45, 2.75) is 125 Å². The zero-order valence-corrected chi connectivity index (χ0v) is 25.4. The monoisotopic (exact) mass is 542 g/mol. The lowest BCUT2D eigenvalue weighted by molar-refractivity contribution is -0.160. The smallest absolute Gasteiger partial charge is 0.303 e. The van der Waals surface area contributed by atoms with Crippen molar-refractivity contribution in [3.63, 3.8) is 0 Å². The number of rotatable bonds is 7. The molecular formula is C33H50O6. The minimum Gasteiger partial charge on any atom is -0.460 e. The minimum absolute atomic E-state index is 0.000862. The van der Waals surface area contributed by atoms with Crippen molar-refractivity contribution in [3.8, 4) is 0 Å². The second kappa shape index (κ2) is 8.97. The molecule has 0 aromatic heterocycles. The fraction of sp³-hybridized carbons (Fsp3) is 0.879. The molecule has 5 rings (SSSR count). The van der Waals surface area contributed by atoms with Gasteiger partial charge in [-0.2, -0.15) is 0 Å². The van der Waals surface area contributed by atoms with E-state index in [-0.39, 0.29) is 56.9 Å². The third-order valence-corrected chi connectivity index (χ3v) is 13.3. The van der Waals surface area contributed by atoms with E-state index in [4.69, 9.17) is 4.74 Å². The minimum atomic E-state index is -1.19. The quantitative estimate of drug-likeness (QED) is 0.327. The van der Waals surface area contributed by atoms with E-state index in [2.05, 4.69) is 34.6 Å². The number of carbonyl (C=O) groups is 4. The molecule has 10 atom stereocenters. The maximum atomic E-state index is 14.0. The summed E-state index contributed by atoms with van der Waals surface area (Å²) in [6.07, 6.45) is 6.59. The van der Waals surface area contributed by atoms with Crippen LogP contribution in [-0.4, -0.2) is 40.1 Å². The second-order valence-electron chi connectivity index (χ2n) is 15.4. The van der Waals surface area contributed by atoms with E-state index in [1.165, 1.54) is 6.92 Å². The molecule has 218 valence electrons. The zero-order valence-electron chi connectivity index (χ0n) is 25.4. The molecule has 10 unspecified atom stereocenters. The molecule has 39 heavy (non-hydrogen) atoms. The lowest BCUT2D eigenvalue weighted by Crippen LogP contribution is -2.54. The molecule has 0 aromatic rings. The van der Waals surface area contributed by atoms with Crippen molar-refractivity contribution in [1.82, 2.24) is 0 Å². The molecule has 0 saturated heterocycles. The molecule has 5 aliphatic rings. The summed E-state index contributed by atoms with van der Waals surface area (Å²) in [5.41, 5.74) is -1.66. The first-order chi connectivity index (χ1) is 18.0. The predicted octanol–water partition coefficient (Wildman–Crippen LogP) is 5.72. The number of fused-ring (bicyclic) bond motifs is 2. The highest BCUT2D eigenvalue weighted by Crippen LogP contribution is 2.89. The maximum absolute atomic E-state index is 14.0. The van der Waals surface area contributed by atoms with Gasteiger partial charge in [0.05, 0.1) is 5.60 Å². The molecule has 6 nitrogen and oxygen atoms in total. The van der Waals surface area contributed by atoms with E-state index < -0.39 is 17.7 Å². The van der Waals surface area contributed by atoms with Gasteiger partial charge in [0.2, 0.25) is 11.6 Å². The van der Waals surface area contributed by atoms with Gasteiger partial charge in [-0.05, 0) is 98.7 Å². The number of carbonyl (C=O) groups excluding carboxylic acids is 4. The van der Waals surface area contributed by atoms with Crippen LogP contribution in [0, 0.1) is 57.2 Å². The van der Waals surface area contributed by atoms with Gasteiger partial charge in [-0.3, -0.25) is 19.2 Å². The van der Waals surface area contributed by atoms with Crippen LogP contribution in [0.25, 0.3) is 0 Å². The van der Waals surface area contributed by atoms with Crippen molar-refractivity contribution in [3.05, 3.63) is 0 Å². The number of hydrogen-bond donors (Lipinski definition) is 1. The Hall–Kier alpha value is -1.56. The average molecular weight is 543 g/mol. The van der Waals surface area contributed by atoms with E-state index in [9.17, 15) is 24.3 Å². The van der Waals surface area contributed by atoms with Gasteiger partial charge in [0.15, 0.2) is 0 Å². The number of ketones is 3. The Morgan fingerprint density at radius 1 is 1.03 bits per heavy atom. The standard InChI is InChI=1S/C33H50O6/c1-9-20(10-13-24(30(6,7)38)39-19(3)34)25-27(36)28(37)26-21-11-12-22-29(4,5)23(35)14-15-33(22)18(2)32(21,33)17-16-31(25,26)8/h18,20-22,24-26,38H,9-17H2,1-8H3. The zero-order chi connectivity index (χ0) is 28.9. The van der Waals surface area contributed by atoms with Crippen molar-refractivity contribution < 1.29 is 29.0 Å². The highest BCUT2D eigenvalue weighted by atomic mass is 16.6. The molecule has 0 aromatic carbocycles. The van der Waals surface area contributed by atoms with Crippen molar-refractivity contribution in [2.75, 3.05) is 0 Å². The van der Waals surface area contributed by atoms with Crippen LogP contribution in [0.4, 0.5) is 0 Å². The molecule has 0 radical (unpaired) electrons. The van der Waals surface area contributed by atoms with Crippen LogP contribution in [0.5, 0.6) is 0 Å². The first-order valence-electron chi connectivity index (χ1n) is 15.5. The lowest BCUT2D eigenvalue weighted by Gasteiger charge is -2.57. The maximum Gasteiger partial charge on any atom is 0.303 e. The third kappa shape index (κ3) is 3.68. The normalized spacial score (nSPS) is 44.0. The predicted molar refractivity (Wildman–Crippen MR) is 147 cm³/mol. The van der Waals surface area contributed by atoms with Crippen molar-refractivity contribution in [2.24, 2.45) is 57.2 Å². The van der Waals surface area contributed by atoms with Gasteiger partial charge in [0, 0.05) is 30.6 Å². The topological polar surface area (TPSA) is 97.7 Å². The Morgan fingerprint density at radius 3 is 2.28 bits per heavy atom. The van der Waals surface area contributed by atoms with Gasteiger partial charge in [0.1, 0.15) is 11.9 Å². The Bertz CT molecular complexity index is 1080. The van der Waals surface area contributed by atoms with Gasteiger partial charge >= 0.3 is 5.97 Å². The largest absolute Gasteiger partial charge is 0.460 e. The van der Waals surface area contributed by atoms with Crippen LogP contribution in [0.3, 0.4) is 0 Å². The van der Waals surface area contributed by atoms with Crippen LogP contribution < -0.4 is 0 Å². The Kier molecular flexibility index (Phi) is 6.66. The van der Waals surface area contributed by atoms with Gasteiger partial charge in [-0.15, -0.1) is 0 Å². The number of hydrogen-bond acceptors (Lipinski definition) is 6. The van der Waals surface area contributed by atoms with Crippen LogP contribution in [-0.2, 0) is 23.9 Å². The van der Waals surface area contributed by atoms with Gasteiger partial charge in [0.25, 0.3) is 0 Å². The Labute approximate surface area is 234 Å². The Morgan fingerprint density at radius 2 is 1.69 bits per heavy atom. The molecule has 5 saturated carbocycles. The summed E-state index contributed by atoms with van der Waals surface area (Å²) in [6, 6.07) is 0. The van der Waals surface area contributed by atoms with Gasteiger partial charge in [-0.1, -0.05) is 41.0 Å². The van der Waals surface area contributed by atoms with Crippen LogP contribution in [0.1, 0.15) is 113 Å².